The second-order valence-corrected chi connectivity index (χ2v) is 8.30. The maximum atomic E-state index is 13.3. The molecule has 0 unspecified atom stereocenters. The first-order chi connectivity index (χ1) is 18.8. The van der Waals surface area contributed by atoms with Crippen LogP contribution < -0.4 is 22.3 Å². The molecule has 11 heteroatoms. The van der Waals surface area contributed by atoms with Gasteiger partial charge in [-0.2, -0.15) is 0 Å². The molecule has 3 aromatic heterocycles. The van der Waals surface area contributed by atoms with Gasteiger partial charge < -0.3 is 16.8 Å². The van der Waals surface area contributed by atoms with Gasteiger partial charge >= 0.3 is 0 Å². The van der Waals surface area contributed by atoms with Crippen molar-refractivity contribution >= 4 is 34.2 Å². The smallest absolute Gasteiger partial charge is 0.267 e. The van der Waals surface area contributed by atoms with Gasteiger partial charge in [0.2, 0.25) is 5.91 Å². The molecular weight excluding hydrogens is 496 g/mol. The van der Waals surface area contributed by atoms with Gasteiger partial charge in [0.05, 0.1) is 23.1 Å². The highest BCUT2D eigenvalue weighted by Crippen LogP contribution is 2.16. The number of nitrogens with two attached hydrogens (primary N) is 2. The lowest BCUT2D eigenvalue weighted by Crippen LogP contribution is -2.24. The molecule has 0 atom stereocenters. The number of aryl methyl sites for hydroxylation is 1. The van der Waals surface area contributed by atoms with E-state index in [0.717, 1.165) is 5.69 Å². The van der Waals surface area contributed by atoms with E-state index in [2.05, 4.69) is 32.1 Å². The second-order valence-electron chi connectivity index (χ2n) is 8.30. The third kappa shape index (κ3) is 5.75. The van der Waals surface area contributed by atoms with Crippen molar-refractivity contribution in [3.63, 3.8) is 0 Å². The van der Waals surface area contributed by atoms with E-state index in [4.69, 9.17) is 11.5 Å². The molecule has 0 radical (unpaired) electrons. The first kappa shape index (κ1) is 26.6. The highest BCUT2D eigenvalue weighted by Gasteiger charge is 2.14. The van der Waals surface area contributed by atoms with Gasteiger partial charge in [-0.05, 0) is 24.3 Å². The zero-order chi connectivity index (χ0) is 27.9. The summed E-state index contributed by atoms with van der Waals surface area (Å²) in [6.45, 7) is 3.65. The van der Waals surface area contributed by atoms with Crippen molar-refractivity contribution in [2.75, 3.05) is 12.3 Å². The number of anilines is 1. The van der Waals surface area contributed by atoms with Crippen molar-refractivity contribution in [3.8, 4) is 17.5 Å². The van der Waals surface area contributed by atoms with Crippen LogP contribution in [0.25, 0.3) is 22.2 Å². The minimum Gasteiger partial charge on any atom is -0.383 e. The Balaban J connectivity index is 0.000000226. The predicted octanol–water partition coefficient (Wildman–Crippen LogP) is 1.85. The van der Waals surface area contributed by atoms with Crippen molar-refractivity contribution in [1.82, 2.24) is 29.2 Å². The number of hydrogen-bond acceptors (Lipinski definition) is 7. The van der Waals surface area contributed by atoms with E-state index >= 15 is 0 Å². The molecule has 0 bridgehead atoms. The zero-order valence-corrected chi connectivity index (χ0v) is 21.4. The standard InChI is InChI=1S/C21H19N3O2.C7H7N5O/c1-3-19-23-18-13-7-9-16(10-8-14-22-15(2)25)20(18)21(26)24(19)17-11-5-4-6-12-17;8-5-4(6(9)13)7-10-1-2-12(7)3-11-5/h4-7,9,11-13H,3,14H2,1-2H3,(H,22,25);1-3H,8H2,(H2,9,13). The largest absolute Gasteiger partial charge is 0.383 e. The van der Waals surface area contributed by atoms with E-state index in [-0.39, 0.29) is 29.4 Å². The van der Waals surface area contributed by atoms with Crippen molar-refractivity contribution in [1.29, 1.82) is 0 Å². The lowest BCUT2D eigenvalue weighted by Gasteiger charge is -2.13. The van der Waals surface area contributed by atoms with E-state index in [0.29, 0.717) is 34.4 Å². The van der Waals surface area contributed by atoms with Crippen LogP contribution in [0.1, 0.15) is 35.6 Å². The summed E-state index contributed by atoms with van der Waals surface area (Å²) in [6, 6.07) is 14.9. The van der Waals surface area contributed by atoms with Gasteiger partial charge in [0.25, 0.3) is 11.5 Å². The predicted molar refractivity (Wildman–Crippen MR) is 148 cm³/mol. The van der Waals surface area contributed by atoms with Gasteiger partial charge in [-0.3, -0.25) is 23.4 Å². The van der Waals surface area contributed by atoms with Crippen LogP contribution in [0.15, 0.2) is 72.0 Å². The summed E-state index contributed by atoms with van der Waals surface area (Å²) in [6.07, 6.45) is 5.32. The molecule has 5 N–H and O–H groups in total. The summed E-state index contributed by atoms with van der Waals surface area (Å²) in [5.74, 6) is 5.91. The monoisotopic (exact) mass is 522 g/mol. The Labute approximate surface area is 223 Å². The molecule has 0 saturated carbocycles. The van der Waals surface area contributed by atoms with Crippen LogP contribution in [-0.2, 0) is 11.2 Å². The molecule has 0 aliphatic carbocycles. The Hall–Kier alpha value is -5.50. The fraction of sp³-hybridized carbons (Fsp3) is 0.143. The summed E-state index contributed by atoms with van der Waals surface area (Å²) < 4.78 is 3.22. The molecule has 2 amide bonds. The van der Waals surface area contributed by atoms with Crippen LogP contribution in [0, 0.1) is 11.8 Å². The molecule has 0 aliphatic rings. The summed E-state index contributed by atoms with van der Waals surface area (Å²) in [7, 11) is 0. The number of carbonyl (C=O) groups excluding carboxylic acids is 2. The number of nitrogens with zero attached hydrogens (tertiary/aromatic N) is 5. The first-order valence-electron chi connectivity index (χ1n) is 12.0. The quantitative estimate of drug-likeness (QED) is 0.303. The molecule has 0 spiro atoms. The Kier molecular flexibility index (Phi) is 7.97. The normalized spacial score (nSPS) is 10.3. The average molecular weight is 523 g/mol. The number of benzene rings is 2. The number of nitrogens with one attached hydrogen (secondary N) is 1. The summed E-state index contributed by atoms with van der Waals surface area (Å²) in [5.41, 5.74) is 13.1. The van der Waals surface area contributed by atoms with Gasteiger partial charge in [-0.25, -0.2) is 15.0 Å². The van der Waals surface area contributed by atoms with E-state index in [1.54, 1.807) is 27.4 Å². The van der Waals surface area contributed by atoms with Crippen molar-refractivity contribution < 1.29 is 9.59 Å². The number of imidazole rings is 1. The minimum atomic E-state index is -0.623. The SMILES string of the molecule is CCc1nc2cccc(C#CCNC(C)=O)c2c(=O)n1-c1ccccc1.NC(=O)c1c(N)ncn2ccnc12. The Morgan fingerprint density at radius 2 is 1.85 bits per heavy atom. The lowest BCUT2D eigenvalue weighted by atomic mass is 10.1. The number of primary amides is 1. The molecule has 0 saturated heterocycles. The van der Waals surface area contributed by atoms with Gasteiger partial charge in [-0.1, -0.05) is 43.0 Å². The van der Waals surface area contributed by atoms with Crippen LogP contribution >= 0.6 is 0 Å². The molecule has 0 fully saturated rings. The number of carbonyl (C=O) groups is 2. The Morgan fingerprint density at radius 1 is 1.08 bits per heavy atom. The van der Waals surface area contributed by atoms with Crippen molar-refractivity contribution in [3.05, 3.63) is 94.6 Å². The summed E-state index contributed by atoms with van der Waals surface area (Å²) in [5, 5.41) is 3.11. The maximum absolute atomic E-state index is 13.3. The molecular formula is C28H26N8O3. The molecule has 3 heterocycles. The summed E-state index contributed by atoms with van der Waals surface area (Å²) in [4.78, 5) is 47.6. The fourth-order valence-electron chi connectivity index (χ4n) is 3.91. The Morgan fingerprint density at radius 3 is 2.54 bits per heavy atom. The van der Waals surface area contributed by atoms with Crippen LogP contribution in [0.3, 0.4) is 0 Å². The third-order valence-electron chi connectivity index (χ3n) is 5.66. The van der Waals surface area contributed by atoms with E-state index in [1.165, 1.54) is 13.3 Å². The van der Waals surface area contributed by atoms with Crippen LogP contribution in [0.4, 0.5) is 5.82 Å². The minimum absolute atomic E-state index is 0.103. The van der Waals surface area contributed by atoms with Crippen molar-refractivity contribution in [2.45, 2.75) is 20.3 Å². The lowest BCUT2D eigenvalue weighted by molar-refractivity contribution is -0.118. The topological polar surface area (TPSA) is 163 Å². The summed E-state index contributed by atoms with van der Waals surface area (Å²) >= 11 is 0. The molecule has 196 valence electrons. The number of nitrogen functional groups attached to an aromatic ring is 1. The van der Waals surface area contributed by atoms with E-state index in [9.17, 15) is 14.4 Å². The van der Waals surface area contributed by atoms with Crippen molar-refractivity contribution in [2.24, 2.45) is 5.73 Å². The van der Waals surface area contributed by atoms with Crippen LogP contribution in [0.2, 0.25) is 0 Å². The molecule has 5 aromatic rings. The first-order valence-corrected chi connectivity index (χ1v) is 12.0. The van der Waals surface area contributed by atoms with Crippen LogP contribution in [0.5, 0.6) is 0 Å². The third-order valence-corrected chi connectivity index (χ3v) is 5.66. The van der Waals surface area contributed by atoms with E-state index < -0.39 is 5.91 Å². The molecule has 2 aromatic carbocycles. The number of para-hydroxylation sites is 1. The molecule has 39 heavy (non-hydrogen) atoms. The number of rotatable bonds is 4. The zero-order valence-electron chi connectivity index (χ0n) is 21.4. The highest BCUT2D eigenvalue weighted by molar-refractivity contribution is 6.02. The number of aromatic nitrogens is 5. The van der Waals surface area contributed by atoms with E-state index in [1.807, 2.05) is 49.4 Å². The Bertz CT molecular complexity index is 1800. The second kappa shape index (κ2) is 11.7. The van der Waals surface area contributed by atoms with Gasteiger partial charge in [0.1, 0.15) is 23.5 Å². The van der Waals surface area contributed by atoms with Crippen LogP contribution in [-0.4, -0.2) is 42.3 Å². The molecule has 11 nitrogen and oxygen atoms in total. The number of amides is 2. The van der Waals surface area contributed by atoms with Gasteiger partial charge in [-0.15, -0.1) is 0 Å². The average Bonchev–Trinajstić information content (AvgIpc) is 3.40. The number of fused-ring (bicyclic) bond motifs is 2. The maximum Gasteiger partial charge on any atom is 0.267 e. The van der Waals surface area contributed by atoms with Gasteiger partial charge in [0, 0.05) is 31.3 Å². The fourth-order valence-corrected chi connectivity index (χ4v) is 3.91. The molecule has 0 aliphatic heterocycles. The number of hydrogen-bond donors (Lipinski definition) is 3. The molecule has 5 rings (SSSR count). The van der Waals surface area contributed by atoms with Gasteiger partial charge in [0.15, 0.2) is 5.65 Å². The highest BCUT2D eigenvalue weighted by atomic mass is 16.2.